The van der Waals surface area contributed by atoms with E-state index >= 15 is 0 Å². The second-order valence-electron chi connectivity index (χ2n) is 0.558. The van der Waals surface area contributed by atoms with Crippen molar-refractivity contribution in [2.24, 2.45) is 0 Å². The van der Waals surface area contributed by atoms with Crippen LogP contribution in [0.15, 0.2) is 0 Å². The van der Waals surface area contributed by atoms with E-state index in [-0.39, 0.29) is 77.5 Å². The van der Waals surface area contributed by atoms with Crippen LogP contribution in [0.3, 0.4) is 0 Å². The average Bonchev–Trinajstić information content (AvgIpc) is 1.37. The maximum absolute atomic E-state index is 9.24. The molecule has 0 aliphatic carbocycles. The van der Waals surface area contributed by atoms with Crippen LogP contribution < -0.4 is 29.9 Å². The molecule has 0 aromatic carbocycles. The van der Waals surface area contributed by atoms with Crippen molar-refractivity contribution in [3.8, 4) is 0 Å². The van der Waals surface area contributed by atoms with E-state index in [1.54, 1.807) is 0 Å². The Kier molecular flexibility index (Phi) is 144. The van der Waals surface area contributed by atoms with Crippen molar-refractivity contribution in [2.75, 3.05) is 6.61 Å². The van der Waals surface area contributed by atoms with Crippen LogP contribution in [0, 0.1) is 6.92 Å². The van der Waals surface area contributed by atoms with E-state index in [1.807, 2.05) is 0 Å². The normalized spacial score (nSPS) is 3.75. The van der Waals surface area contributed by atoms with Gasteiger partial charge in [-0.3, -0.25) is 0 Å². The van der Waals surface area contributed by atoms with Crippen molar-refractivity contribution in [3.63, 3.8) is 0 Å². The van der Waals surface area contributed by atoms with Crippen molar-refractivity contribution in [2.45, 2.75) is 6.42 Å². The summed E-state index contributed by atoms with van der Waals surface area (Å²) in [6.07, 6.45) is 0.514. The predicted molar refractivity (Wildman–Crippen MR) is 26.3 cm³/mol. The van der Waals surface area contributed by atoms with Gasteiger partial charge in [-0.25, -0.2) is 0 Å². The Balaban J connectivity index is -0.00000000750. The molecule has 5 heteroatoms. The van der Waals surface area contributed by atoms with E-state index in [4.69, 9.17) is 0 Å². The number of hydrogen-bond donors (Lipinski definition) is 0. The largest absolute Gasteiger partial charge is 2.00 e. The average molecular weight is 178 g/mol. The van der Waals surface area contributed by atoms with E-state index in [2.05, 4.69) is 6.92 Å². The Morgan fingerprint density at radius 1 is 1.12 bits per heavy atom. The van der Waals surface area contributed by atoms with Gasteiger partial charge in [0.05, 0.1) is 0 Å². The van der Waals surface area contributed by atoms with Gasteiger partial charge >= 0.3 is 46.1 Å². The van der Waals surface area contributed by atoms with E-state index in [9.17, 15) is 5.11 Å². The maximum atomic E-state index is 9.24. The molecule has 0 aromatic rings. The fourth-order valence-electron chi connectivity index (χ4n) is 0. The molecule has 0 amide bonds. The number of hydrogen-bond acceptors (Lipinski definition) is 1. The molecule has 0 atom stereocenters. The SMILES string of the molecule is [CH2-]CC[O-].[Cl-].[Cl-].[Mg+2].[Mg+2]. The van der Waals surface area contributed by atoms with Crippen LogP contribution in [-0.2, 0) is 0 Å². The van der Waals surface area contributed by atoms with Crippen LogP contribution in [0.4, 0.5) is 0 Å². The molecule has 0 spiro atoms. The molecule has 0 bridgehead atoms. The van der Waals surface area contributed by atoms with Crippen molar-refractivity contribution in [3.05, 3.63) is 6.92 Å². The molecule has 42 valence electrons. The monoisotopic (exact) mass is 176 g/mol. The summed E-state index contributed by atoms with van der Waals surface area (Å²) in [5.74, 6) is 0. The fraction of sp³-hybridized carbons (Fsp3) is 0.667. The van der Waals surface area contributed by atoms with E-state index in [1.165, 1.54) is 0 Å². The number of rotatable bonds is 1. The first-order chi connectivity index (χ1) is 1.91. The molecule has 0 radical (unpaired) electrons. The summed E-state index contributed by atoms with van der Waals surface area (Å²) >= 11 is 0. The topological polar surface area (TPSA) is 23.1 Å². The molecular formula is C3H6Cl2Mg2O. The van der Waals surface area contributed by atoms with Gasteiger partial charge in [0.1, 0.15) is 0 Å². The standard InChI is InChI=1S/C3H6O.2ClH.2Mg/c1-2-3-4;;;;/h1-3H2;2*1H;;/q-2;;;2*+2/p-2. The third-order valence-corrected chi connectivity index (χ3v) is 0.144. The summed E-state index contributed by atoms with van der Waals surface area (Å²) in [5.41, 5.74) is 0. The van der Waals surface area contributed by atoms with Crippen LogP contribution in [0.25, 0.3) is 0 Å². The first-order valence-electron chi connectivity index (χ1n) is 1.29. The third-order valence-electron chi connectivity index (χ3n) is 0.144. The summed E-state index contributed by atoms with van der Waals surface area (Å²) in [5, 5.41) is 9.24. The maximum Gasteiger partial charge on any atom is 2.00 e. The molecule has 0 rings (SSSR count). The summed E-state index contributed by atoms with van der Waals surface area (Å²) in [4.78, 5) is 0. The zero-order valence-electron chi connectivity index (χ0n) is 4.70. The Labute approximate surface area is 95.1 Å². The second-order valence-corrected chi connectivity index (χ2v) is 0.558. The minimum atomic E-state index is -0.0417. The molecule has 0 N–H and O–H groups in total. The second kappa shape index (κ2) is 35.6. The van der Waals surface area contributed by atoms with Gasteiger partial charge in [0, 0.05) is 0 Å². The molecular weight excluding hydrogens is 172 g/mol. The van der Waals surface area contributed by atoms with Crippen molar-refractivity contribution >= 4 is 46.1 Å². The van der Waals surface area contributed by atoms with Crippen LogP contribution in [0.5, 0.6) is 0 Å². The van der Waals surface area contributed by atoms with Crippen LogP contribution >= 0.6 is 0 Å². The Morgan fingerprint density at radius 3 is 1.25 bits per heavy atom. The molecule has 0 saturated carbocycles. The summed E-state index contributed by atoms with van der Waals surface area (Å²) < 4.78 is 0. The zero-order chi connectivity index (χ0) is 3.41. The van der Waals surface area contributed by atoms with Gasteiger partial charge < -0.3 is 36.8 Å². The predicted octanol–water partition coefficient (Wildman–Crippen LogP) is -7.18. The van der Waals surface area contributed by atoms with E-state index < -0.39 is 0 Å². The quantitative estimate of drug-likeness (QED) is 0.288. The van der Waals surface area contributed by atoms with Gasteiger partial charge in [0.2, 0.25) is 0 Å². The molecule has 0 heterocycles. The Hall–Kier alpha value is 2.07. The van der Waals surface area contributed by atoms with Gasteiger partial charge in [-0.05, 0) is 0 Å². The minimum Gasteiger partial charge on any atom is -1.00 e. The number of halogens is 2. The van der Waals surface area contributed by atoms with Gasteiger partial charge in [0.15, 0.2) is 0 Å². The first kappa shape index (κ1) is 32.2. The summed E-state index contributed by atoms with van der Waals surface area (Å²) in [6.45, 7) is 3.25. The third kappa shape index (κ3) is 42.8. The molecule has 0 saturated heterocycles. The summed E-state index contributed by atoms with van der Waals surface area (Å²) in [6, 6.07) is 0. The zero-order valence-corrected chi connectivity index (χ0v) is 9.04. The molecule has 1 nitrogen and oxygen atoms in total. The van der Waals surface area contributed by atoms with Crippen molar-refractivity contribution in [1.82, 2.24) is 0 Å². The minimum absolute atomic E-state index is 0. The molecule has 0 aliphatic heterocycles. The van der Waals surface area contributed by atoms with Gasteiger partial charge in [-0.1, -0.05) is 0 Å². The Morgan fingerprint density at radius 2 is 1.25 bits per heavy atom. The molecule has 0 aliphatic rings. The van der Waals surface area contributed by atoms with Crippen LogP contribution in [0.1, 0.15) is 6.42 Å². The molecule has 0 aromatic heterocycles. The van der Waals surface area contributed by atoms with Gasteiger partial charge in [-0.15, -0.1) is 0 Å². The molecule has 8 heavy (non-hydrogen) atoms. The van der Waals surface area contributed by atoms with E-state index in [0.717, 1.165) is 0 Å². The van der Waals surface area contributed by atoms with Crippen molar-refractivity contribution in [1.29, 1.82) is 0 Å². The van der Waals surface area contributed by atoms with Gasteiger partial charge in [0.25, 0.3) is 0 Å². The molecule has 0 unspecified atom stereocenters. The van der Waals surface area contributed by atoms with Crippen LogP contribution in [0.2, 0.25) is 0 Å². The van der Waals surface area contributed by atoms with Crippen molar-refractivity contribution < 1.29 is 29.9 Å². The fourth-order valence-corrected chi connectivity index (χ4v) is 0. The smallest absolute Gasteiger partial charge is 1.00 e. The molecule has 0 fully saturated rings. The van der Waals surface area contributed by atoms with Gasteiger partial charge in [-0.2, -0.15) is 13.0 Å². The van der Waals surface area contributed by atoms with Crippen LogP contribution in [-0.4, -0.2) is 52.7 Å². The van der Waals surface area contributed by atoms with E-state index in [0.29, 0.717) is 6.42 Å². The first-order valence-corrected chi connectivity index (χ1v) is 1.29. The Bertz CT molecular complexity index is 17.2. The summed E-state index contributed by atoms with van der Waals surface area (Å²) in [7, 11) is 0.